The van der Waals surface area contributed by atoms with Crippen LogP contribution in [-0.2, 0) is 19.1 Å². The van der Waals surface area contributed by atoms with E-state index < -0.39 is 24.1 Å². The topological polar surface area (TPSA) is 76.2 Å². The van der Waals surface area contributed by atoms with E-state index in [1.54, 1.807) is 14.1 Å². The van der Waals surface area contributed by atoms with Crippen molar-refractivity contribution >= 4 is 18.0 Å². The van der Waals surface area contributed by atoms with Crippen molar-refractivity contribution in [3.05, 3.63) is 0 Å². The van der Waals surface area contributed by atoms with E-state index in [4.69, 9.17) is 9.47 Å². The molecule has 0 bridgehead atoms. The molecule has 0 heterocycles. The number of carbonyl (C=O) groups is 3. The van der Waals surface area contributed by atoms with Gasteiger partial charge < -0.3 is 14.4 Å². The molecule has 7 heteroatoms. The molecule has 2 atom stereocenters. The lowest BCUT2D eigenvalue weighted by Crippen LogP contribution is -2.56. The van der Waals surface area contributed by atoms with E-state index in [0.29, 0.717) is 13.2 Å². The molecule has 0 aromatic heterocycles. The zero-order chi connectivity index (χ0) is 21.9. The van der Waals surface area contributed by atoms with E-state index in [1.807, 2.05) is 41.5 Å². The van der Waals surface area contributed by atoms with Gasteiger partial charge in [-0.1, -0.05) is 54.4 Å². The van der Waals surface area contributed by atoms with Gasteiger partial charge in [0.15, 0.2) is 0 Å². The lowest BCUT2D eigenvalue weighted by Gasteiger charge is -2.36. The second-order valence-electron chi connectivity index (χ2n) is 7.93. The first-order valence-corrected chi connectivity index (χ1v) is 10.4. The molecule has 0 spiro atoms. The van der Waals surface area contributed by atoms with Crippen LogP contribution in [-0.4, -0.2) is 67.2 Å². The number of unbranched alkanes of at least 4 members (excludes halogenated alkanes) is 2. The maximum absolute atomic E-state index is 13.2. The lowest BCUT2D eigenvalue weighted by molar-refractivity contribution is -0.158. The maximum Gasteiger partial charge on any atom is 0.410 e. The average Bonchev–Trinajstić information content (AvgIpc) is 2.61. The van der Waals surface area contributed by atoms with Gasteiger partial charge in [0.05, 0.1) is 13.2 Å². The number of ether oxygens (including phenoxy) is 2. The standard InChI is InChI=1S/C21H40N2O5/c1-9-11-13-27-20(25)18(16(5)6)22(7)19(24)17(15(3)4)23(8)21(26)28-14-12-10-2/h15-18H,9-14H2,1-8H3. The summed E-state index contributed by atoms with van der Waals surface area (Å²) in [6.45, 7) is 12.2. The first-order valence-electron chi connectivity index (χ1n) is 10.4. The molecule has 0 saturated carbocycles. The average molecular weight is 401 g/mol. The molecule has 0 aromatic rings. The molecule has 164 valence electrons. The van der Waals surface area contributed by atoms with Gasteiger partial charge in [0.2, 0.25) is 5.91 Å². The van der Waals surface area contributed by atoms with Gasteiger partial charge in [-0.2, -0.15) is 0 Å². The molecule has 0 radical (unpaired) electrons. The SMILES string of the molecule is CCCCOC(=O)C(C(C)C)N(C)C(=O)C(C(C)C)N(C)C(=O)OCCCC. The fourth-order valence-electron chi connectivity index (χ4n) is 3.04. The largest absolute Gasteiger partial charge is 0.464 e. The summed E-state index contributed by atoms with van der Waals surface area (Å²) in [7, 11) is 3.16. The molecule has 0 N–H and O–H groups in total. The number of esters is 1. The third-order valence-electron chi connectivity index (χ3n) is 4.69. The number of amides is 2. The third kappa shape index (κ3) is 8.07. The van der Waals surface area contributed by atoms with E-state index in [2.05, 4.69) is 0 Å². The summed E-state index contributed by atoms with van der Waals surface area (Å²) < 4.78 is 10.6. The van der Waals surface area contributed by atoms with Crippen LogP contribution in [0.5, 0.6) is 0 Å². The fraction of sp³-hybridized carbons (Fsp3) is 0.857. The number of rotatable bonds is 12. The molecule has 0 saturated heterocycles. The first kappa shape index (κ1) is 26.2. The Hall–Kier alpha value is -1.79. The minimum atomic E-state index is -0.719. The van der Waals surface area contributed by atoms with Crippen molar-refractivity contribution in [1.82, 2.24) is 9.80 Å². The van der Waals surface area contributed by atoms with Crippen molar-refractivity contribution in [1.29, 1.82) is 0 Å². The number of carbonyl (C=O) groups excluding carboxylic acids is 3. The van der Waals surface area contributed by atoms with Crippen molar-refractivity contribution in [2.75, 3.05) is 27.3 Å². The summed E-state index contributed by atoms with van der Waals surface area (Å²) in [5, 5.41) is 0. The van der Waals surface area contributed by atoms with Gasteiger partial charge in [-0.05, 0) is 24.7 Å². The monoisotopic (exact) mass is 400 g/mol. The Morgan fingerprint density at radius 2 is 1.21 bits per heavy atom. The molecule has 0 aliphatic carbocycles. The van der Waals surface area contributed by atoms with Crippen LogP contribution in [0.1, 0.15) is 67.2 Å². The van der Waals surface area contributed by atoms with Crippen LogP contribution in [0, 0.1) is 11.8 Å². The van der Waals surface area contributed by atoms with Crippen LogP contribution in [0.15, 0.2) is 0 Å². The predicted molar refractivity (Wildman–Crippen MR) is 110 cm³/mol. The van der Waals surface area contributed by atoms with Crippen LogP contribution in [0.4, 0.5) is 4.79 Å². The van der Waals surface area contributed by atoms with Gasteiger partial charge in [-0.25, -0.2) is 9.59 Å². The summed E-state index contributed by atoms with van der Waals surface area (Å²) >= 11 is 0. The highest BCUT2D eigenvalue weighted by Crippen LogP contribution is 2.19. The van der Waals surface area contributed by atoms with Gasteiger partial charge in [0.25, 0.3) is 0 Å². The second-order valence-corrected chi connectivity index (χ2v) is 7.93. The highest BCUT2D eigenvalue weighted by molar-refractivity contribution is 5.89. The third-order valence-corrected chi connectivity index (χ3v) is 4.69. The zero-order valence-corrected chi connectivity index (χ0v) is 19.0. The Labute approximate surface area is 170 Å². The molecular weight excluding hydrogens is 360 g/mol. The first-order chi connectivity index (χ1) is 13.1. The molecule has 0 aliphatic heterocycles. The highest BCUT2D eigenvalue weighted by atomic mass is 16.6. The minimum Gasteiger partial charge on any atom is -0.464 e. The number of likely N-dealkylation sites (N-methyl/N-ethyl adjacent to an activating group) is 2. The number of nitrogens with zero attached hydrogens (tertiary/aromatic N) is 2. The van der Waals surface area contributed by atoms with Gasteiger partial charge in [0.1, 0.15) is 12.1 Å². The van der Waals surface area contributed by atoms with Crippen LogP contribution in [0.2, 0.25) is 0 Å². The second kappa shape index (κ2) is 13.4. The van der Waals surface area contributed by atoms with Crippen molar-refractivity contribution in [2.24, 2.45) is 11.8 Å². The van der Waals surface area contributed by atoms with Crippen LogP contribution in [0.25, 0.3) is 0 Å². The number of hydrogen-bond donors (Lipinski definition) is 0. The minimum absolute atomic E-state index is 0.113. The molecule has 28 heavy (non-hydrogen) atoms. The van der Waals surface area contributed by atoms with Crippen molar-refractivity contribution in [3.8, 4) is 0 Å². The van der Waals surface area contributed by atoms with E-state index in [9.17, 15) is 14.4 Å². The Morgan fingerprint density at radius 1 is 0.750 bits per heavy atom. The van der Waals surface area contributed by atoms with Crippen LogP contribution < -0.4 is 0 Å². The van der Waals surface area contributed by atoms with E-state index >= 15 is 0 Å². The van der Waals surface area contributed by atoms with E-state index in [0.717, 1.165) is 25.7 Å². The van der Waals surface area contributed by atoms with Crippen molar-refractivity contribution < 1.29 is 23.9 Å². The van der Waals surface area contributed by atoms with E-state index in [1.165, 1.54) is 9.80 Å². The summed E-state index contributed by atoms with van der Waals surface area (Å²) in [4.78, 5) is 40.9. The van der Waals surface area contributed by atoms with Gasteiger partial charge in [-0.15, -0.1) is 0 Å². The fourth-order valence-corrected chi connectivity index (χ4v) is 3.04. The summed E-state index contributed by atoms with van der Waals surface area (Å²) in [5.41, 5.74) is 0. The number of hydrogen-bond acceptors (Lipinski definition) is 5. The summed E-state index contributed by atoms with van der Waals surface area (Å²) in [6.07, 6.45) is 2.88. The smallest absolute Gasteiger partial charge is 0.410 e. The van der Waals surface area contributed by atoms with Gasteiger partial charge in [-0.3, -0.25) is 9.69 Å². The Kier molecular flexibility index (Phi) is 12.5. The van der Waals surface area contributed by atoms with Crippen molar-refractivity contribution in [2.45, 2.75) is 79.3 Å². The molecular formula is C21H40N2O5. The van der Waals surface area contributed by atoms with Crippen molar-refractivity contribution in [3.63, 3.8) is 0 Å². The summed E-state index contributed by atoms with van der Waals surface area (Å²) in [6, 6.07) is -1.42. The highest BCUT2D eigenvalue weighted by Gasteiger charge is 2.38. The molecule has 2 unspecified atom stereocenters. The summed E-state index contributed by atoms with van der Waals surface area (Å²) in [5.74, 6) is -0.952. The van der Waals surface area contributed by atoms with Crippen LogP contribution >= 0.6 is 0 Å². The maximum atomic E-state index is 13.2. The van der Waals surface area contributed by atoms with Crippen LogP contribution in [0.3, 0.4) is 0 Å². The molecule has 0 aromatic carbocycles. The Morgan fingerprint density at radius 3 is 1.64 bits per heavy atom. The lowest BCUT2D eigenvalue weighted by atomic mass is 9.98. The normalized spacial score (nSPS) is 13.2. The molecule has 7 nitrogen and oxygen atoms in total. The quantitative estimate of drug-likeness (QED) is 0.369. The van der Waals surface area contributed by atoms with E-state index in [-0.39, 0.29) is 17.7 Å². The van der Waals surface area contributed by atoms with Gasteiger partial charge in [0, 0.05) is 14.1 Å². The molecule has 0 fully saturated rings. The predicted octanol–water partition coefficient (Wildman–Crippen LogP) is 3.71. The Balaban J connectivity index is 5.32. The molecule has 2 amide bonds. The molecule has 0 rings (SSSR count). The molecule has 0 aliphatic rings. The Bertz CT molecular complexity index is 493. The van der Waals surface area contributed by atoms with Gasteiger partial charge >= 0.3 is 12.1 Å². The zero-order valence-electron chi connectivity index (χ0n) is 19.0.